The van der Waals surface area contributed by atoms with Gasteiger partial charge in [-0.05, 0) is 75.2 Å². The predicted molar refractivity (Wildman–Crippen MR) is 107 cm³/mol. The lowest BCUT2D eigenvalue weighted by atomic mass is 9.85. The number of ether oxygens (including phenoxy) is 1. The maximum absolute atomic E-state index is 12.2. The summed E-state index contributed by atoms with van der Waals surface area (Å²) in [5, 5.41) is 3.05. The predicted octanol–water partition coefficient (Wildman–Crippen LogP) is 3.81. The maximum atomic E-state index is 12.2. The third kappa shape index (κ3) is 5.01. The molecule has 3 rings (SSSR count). The molecule has 1 fully saturated rings. The van der Waals surface area contributed by atoms with Crippen molar-refractivity contribution in [2.45, 2.75) is 25.8 Å². The Balaban J connectivity index is 1.62. The number of aryl methyl sites for hydroxylation is 1. The van der Waals surface area contributed by atoms with Crippen LogP contribution >= 0.6 is 0 Å². The zero-order chi connectivity index (χ0) is 19.2. The van der Waals surface area contributed by atoms with Gasteiger partial charge in [0.1, 0.15) is 17.3 Å². The van der Waals surface area contributed by atoms with E-state index in [9.17, 15) is 4.79 Å². The molecular weight excluding hydrogens is 340 g/mol. The molecule has 2 unspecified atom stereocenters. The van der Waals surface area contributed by atoms with E-state index in [2.05, 4.69) is 29.4 Å². The normalized spacial score (nSPS) is 20.7. The van der Waals surface area contributed by atoms with Crippen LogP contribution in [-0.2, 0) is 4.79 Å². The zero-order valence-electron chi connectivity index (χ0n) is 16.3. The number of hydrogen-bond donors (Lipinski definition) is 1. The smallest absolute Gasteiger partial charge is 0.244 e. The van der Waals surface area contributed by atoms with Crippen molar-refractivity contribution in [1.29, 1.82) is 0 Å². The minimum Gasteiger partial charge on any atom is -0.497 e. The average Bonchev–Trinajstić information content (AvgIpc) is 3.10. The van der Waals surface area contributed by atoms with Crippen LogP contribution in [-0.4, -0.2) is 38.1 Å². The van der Waals surface area contributed by atoms with E-state index >= 15 is 0 Å². The van der Waals surface area contributed by atoms with Crippen LogP contribution in [0.2, 0.25) is 0 Å². The van der Waals surface area contributed by atoms with E-state index in [-0.39, 0.29) is 5.91 Å². The van der Waals surface area contributed by atoms with Crippen molar-refractivity contribution >= 4 is 12.0 Å². The van der Waals surface area contributed by atoms with Gasteiger partial charge < -0.3 is 14.5 Å². The third-order valence-corrected chi connectivity index (χ3v) is 5.16. The molecule has 1 saturated heterocycles. The number of carbonyl (C=O) groups is 1. The number of benzene rings is 1. The van der Waals surface area contributed by atoms with Gasteiger partial charge in [-0.1, -0.05) is 12.1 Å². The van der Waals surface area contributed by atoms with Crippen molar-refractivity contribution in [3.05, 3.63) is 59.6 Å². The lowest BCUT2D eigenvalue weighted by Gasteiger charge is -2.39. The zero-order valence-corrected chi connectivity index (χ0v) is 16.3. The highest BCUT2D eigenvalue weighted by atomic mass is 16.5. The minimum atomic E-state index is -0.0919. The van der Waals surface area contributed by atoms with Crippen LogP contribution < -0.4 is 10.1 Å². The average molecular weight is 368 g/mol. The lowest BCUT2D eigenvalue weighted by Crippen LogP contribution is -2.41. The maximum Gasteiger partial charge on any atom is 0.244 e. The van der Waals surface area contributed by atoms with Gasteiger partial charge in [0.25, 0.3) is 0 Å². The fourth-order valence-electron chi connectivity index (χ4n) is 3.79. The molecule has 144 valence electrons. The summed E-state index contributed by atoms with van der Waals surface area (Å²) in [4.78, 5) is 14.6. The first kappa shape index (κ1) is 19.2. The summed E-state index contributed by atoms with van der Waals surface area (Å²) >= 11 is 0. The number of furan rings is 1. The van der Waals surface area contributed by atoms with Gasteiger partial charge in [0, 0.05) is 18.7 Å². The van der Waals surface area contributed by atoms with Gasteiger partial charge in [-0.25, -0.2) is 0 Å². The molecular formula is C22H28N2O3. The van der Waals surface area contributed by atoms with Crippen LogP contribution in [0.25, 0.3) is 6.08 Å². The molecule has 27 heavy (non-hydrogen) atoms. The number of nitrogens with one attached hydrogen (secondary N) is 1. The first-order valence-electron chi connectivity index (χ1n) is 9.43. The van der Waals surface area contributed by atoms with Crippen LogP contribution in [0.1, 0.15) is 36.0 Å². The molecule has 2 atom stereocenters. The van der Waals surface area contributed by atoms with E-state index < -0.39 is 0 Å². The molecule has 0 radical (unpaired) electrons. The molecule has 1 aliphatic heterocycles. The summed E-state index contributed by atoms with van der Waals surface area (Å²) < 4.78 is 10.7. The van der Waals surface area contributed by atoms with E-state index in [4.69, 9.17) is 9.15 Å². The van der Waals surface area contributed by atoms with E-state index in [1.807, 2.05) is 31.2 Å². The number of nitrogens with zero attached hydrogens (tertiary/aromatic N) is 1. The second-order valence-electron chi connectivity index (χ2n) is 7.13. The third-order valence-electron chi connectivity index (χ3n) is 5.16. The van der Waals surface area contributed by atoms with E-state index in [1.165, 1.54) is 11.6 Å². The van der Waals surface area contributed by atoms with Crippen molar-refractivity contribution in [1.82, 2.24) is 10.2 Å². The molecule has 1 aromatic carbocycles. The number of methoxy groups -OCH3 is 1. The Morgan fingerprint density at radius 2 is 2.07 bits per heavy atom. The molecule has 1 N–H and O–H groups in total. The number of rotatable bonds is 6. The van der Waals surface area contributed by atoms with Crippen LogP contribution in [0.4, 0.5) is 0 Å². The van der Waals surface area contributed by atoms with Crippen molar-refractivity contribution in [2.24, 2.45) is 5.92 Å². The molecule has 1 amide bonds. The van der Waals surface area contributed by atoms with Crippen LogP contribution in [0, 0.1) is 12.8 Å². The Labute approximate surface area is 161 Å². The van der Waals surface area contributed by atoms with Crippen LogP contribution in [0.5, 0.6) is 5.75 Å². The summed E-state index contributed by atoms with van der Waals surface area (Å²) in [5.41, 5.74) is 1.26. The first-order chi connectivity index (χ1) is 13.1. The highest BCUT2D eigenvalue weighted by Gasteiger charge is 2.30. The summed E-state index contributed by atoms with van der Waals surface area (Å²) in [6.07, 6.45) is 5.48. The van der Waals surface area contributed by atoms with Crippen molar-refractivity contribution in [3.8, 4) is 5.75 Å². The minimum absolute atomic E-state index is 0.0919. The summed E-state index contributed by atoms with van der Waals surface area (Å²) in [5.74, 6) is 2.67. The number of likely N-dealkylation sites (tertiary alicyclic amines) is 1. The number of amides is 1. The Morgan fingerprint density at radius 1 is 1.30 bits per heavy atom. The standard InChI is InChI=1S/C22H28N2O3/c1-16-6-9-20(27-16)12-13-21(25)23-15-18-5-4-14-24(2)22(18)17-7-10-19(26-3)11-8-17/h6-13,18,22H,4-5,14-15H2,1-3H3,(H,23,25)/b13-12+. The highest BCUT2D eigenvalue weighted by molar-refractivity contribution is 5.91. The molecule has 0 spiro atoms. The van der Waals surface area contributed by atoms with Gasteiger partial charge in [-0.2, -0.15) is 0 Å². The van der Waals surface area contributed by atoms with Crippen molar-refractivity contribution in [3.63, 3.8) is 0 Å². The largest absolute Gasteiger partial charge is 0.497 e. The molecule has 0 aliphatic carbocycles. The van der Waals surface area contributed by atoms with Gasteiger partial charge in [0.05, 0.1) is 7.11 Å². The van der Waals surface area contributed by atoms with Gasteiger partial charge in [0.15, 0.2) is 0 Å². The fraction of sp³-hybridized carbons (Fsp3) is 0.409. The Morgan fingerprint density at radius 3 is 2.74 bits per heavy atom. The Bertz CT molecular complexity index is 779. The van der Waals surface area contributed by atoms with Crippen LogP contribution in [0.15, 0.2) is 46.9 Å². The molecule has 2 aromatic rings. The van der Waals surface area contributed by atoms with Crippen LogP contribution in [0.3, 0.4) is 0 Å². The number of carbonyl (C=O) groups excluding carboxylic acids is 1. The quantitative estimate of drug-likeness (QED) is 0.788. The van der Waals surface area contributed by atoms with Crippen molar-refractivity contribution in [2.75, 3.05) is 27.2 Å². The fourth-order valence-corrected chi connectivity index (χ4v) is 3.79. The SMILES string of the molecule is COc1ccc(C2C(CNC(=O)/C=C/c3ccc(C)o3)CCCN2C)cc1. The topological polar surface area (TPSA) is 54.7 Å². The number of hydrogen-bond acceptors (Lipinski definition) is 4. The van der Waals surface area contributed by atoms with E-state index in [0.717, 1.165) is 30.9 Å². The monoisotopic (exact) mass is 368 g/mol. The molecule has 2 heterocycles. The van der Waals surface area contributed by atoms with Crippen molar-refractivity contribution < 1.29 is 13.9 Å². The number of piperidine rings is 1. The summed E-state index contributed by atoms with van der Waals surface area (Å²) in [6, 6.07) is 12.3. The van der Waals surface area contributed by atoms with Gasteiger partial charge in [0.2, 0.25) is 5.91 Å². The Hall–Kier alpha value is -2.53. The molecule has 5 nitrogen and oxygen atoms in total. The van der Waals surface area contributed by atoms with E-state index in [0.29, 0.717) is 24.3 Å². The summed E-state index contributed by atoms with van der Waals surface area (Å²) in [7, 11) is 3.83. The summed E-state index contributed by atoms with van der Waals surface area (Å²) in [6.45, 7) is 3.61. The molecule has 0 saturated carbocycles. The molecule has 0 bridgehead atoms. The molecule has 5 heteroatoms. The van der Waals surface area contributed by atoms with E-state index in [1.54, 1.807) is 13.2 Å². The van der Waals surface area contributed by atoms with Gasteiger partial charge in [-0.15, -0.1) is 0 Å². The highest BCUT2D eigenvalue weighted by Crippen LogP contribution is 2.35. The molecule has 1 aliphatic rings. The van der Waals surface area contributed by atoms with Gasteiger partial charge in [-0.3, -0.25) is 9.69 Å². The molecule has 1 aromatic heterocycles. The second-order valence-corrected chi connectivity index (χ2v) is 7.13. The lowest BCUT2D eigenvalue weighted by molar-refractivity contribution is -0.116. The van der Waals surface area contributed by atoms with Gasteiger partial charge >= 0.3 is 0 Å². The Kier molecular flexibility index (Phi) is 6.35. The first-order valence-corrected chi connectivity index (χ1v) is 9.43. The second kappa shape index (κ2) is 8.91.